The van der Waals surface area contributed by atoms with Gasteiger partial charge < -0.3 is 5.11 Å². The van der Waals surface area contributed by atoms with Crippen molar-refractivity contribution in [1.29, 1.82) is 0 Å². The van der Waals surface area contributed by atoms with Crippen molar-refractivity contribution in [2.24, 2.45) is 0 Å². The van der Waals surface area contributed by atoms with Crippen molar-refractivity contribution >= 4 is 17.7 Å². The Morgan fingerprint density at radius 2 is 2.25 bits per heavy atom. The van der Waals surface area contributed by atoms with E-state index in [0.29, 0.717) is 0 Å². The highest BCUT2D eigenvalue weighted by atomic mass is 32.2. The zero-order chi connectivity index (χ0) is 9.40. The lowest BCUT2D eigenvalue weighted by atomic mass is 10.4. The standard InChI is InChI=1S/C9H12O2S/c1-3-5-8(12-4-2)6-7-9(10)11/h4-7H,2-3H2,1H3,(H,10,11)/b7-6+,8-5-. The summed E-state index contributed by atoms with van der Waals surface area (Å²) < 4.78 is 0. The fraction of sp³-hybridized carbons (Fsp3) is 0.222. The summed E-state index contributed by atoms with van der Waals surface area (Å²) in [5.41, 5.74) is 0. The molecule has 3 heteroatoms. The lowest BCUT2D eigenvalue weighted by molar-refractivity contribution is -0.131. The van der Waals surface area contributed by atoms with Gasteiger partial charge >= 0.3 is 5.97 Å². The number of aliphatic carboxylic acids is 1. The largest absolute Gasteiger partial charge is 0.478 e. The van der Waals surface area contributed by atoms with Gasteiger partial charge in [-0.2, -0.15) is 0 Å². The van der Waals surface area contributed by atoms with Crippen molar-refractivity contribution in [3.63, 3.8) is 0 Å². The zero-order valence-corrected chi connectivity index (χ0v) is 7.80. The lowest BCUT2D eigenvalue weighted by Crippen LogP contribution is -1.85. The van der Waals surface area contributed by atoms with Crippen LogP contribution in [0.2, 0.25) is 0 Å². The molecule has 0 aromatic carbocycles. The molecule has 0 radical (unpaired) electrons. The average Bonchev–Trinajstić information content (AvgIpc) is 2.01. The van der Waals surface area contributed by atoms with Crippen LogP contribution in [0.1, 0.15) is 13.3 Å². The Hall–Kier alpha value is -0.960. The van der Waals surface area contributed by atoms with Crippen LogP contribution in [-0.2, 0) is 4.79 Å². The molecule has 12 heavy (non-hydrogen) atoms. The van der Waals surface area contributed by atoms with E-state index in [9.17, 15) is 4.79 Å². The van der Waals surface area contributed by atoms with E-state index in [1.807, 2.05) is 13.0 Å². The molecule has 0 bridgehead atoms. The summed E-state index contributed by atoms with van der Waals surface area (Å²) in [6, 6.07) is 0. The zero-order valence-electron chi connectivity index (χ0n) is 6.99. The minimum absolute atomic E-state index is 0.889. The molecule has 2 nitrogen and oxygen atoms in total. The first-order valence-corrected chi connectivity index (χ1v) is 4.47. The van der Waals surface area contributed by atoms with Crippen LogP contribution in [0.4, 0.5) is 0 Å². The van der Waals surface area contributed by atoms with Gasteiger partial charge in [-0.25, -0.2) is 4.79 Å². The summed E-state index contributed by atoms with van der Waals surface area (Å²) in [4.78, 5) is 11.1. The number of rotatable bonds is 5. The van der Waals surface area contributed by atoms with Crippen LogP contribution in [0.25, 0.3) is 0 Å². The highest BCUT2D eigenvalue weighted by Gasteiger charge is 1.90. The minimum atomic E-state index is -0.929. The van der Waals surface area contributed by atoms with Crippen molar-refractivity contribution in [3.8, 4) is 0 Å². The first-order chi connectivity index (χ1) is 5.70. The van der Waals surface area contributed by atoms with E-state index in [4.69, 9.17) is 5.11 Å². The highest BCUT2D eigenvalue weighted by Crippen LogP contribution is 2.17. The second-order valence-electron chi connectivity index (χ2n) is 1.97. The number of carboxylic acid groups (broad SMARTS) is 1. The van der Waals surface area contributed by atoms with Crippen molar-refractivity contribution in [3.05, 3.63) is 35.1 Å². The summed E-state index contributed by atoms with van der Waals surface area (Å²) in [5, 5.41) is 10.0. The molecule has 0 unspecified atom stereocenters. The fourth-order valence-corrected chi connectivity index (χ4v) is 1.21. The molecule has 0 aliphatic carbocycles. The van der Waals surface area contributed by atoms with Crippen molar-refractivity contribution in [2.45, 2.75) is 13.3 Å². The van der Waals surface area contributed by atoms with Crippen LogP contribution in [-0.4, -0.2) is 11.1 Å². The van der Waals surface area contributed by atoms with Gasteiger partial charge in [0.1, 0.15) is 0 Å². The third kappa shape index (κ3) is 5.80. The number of carbonyl (C=O) groups is 1. The molecule has 1 N–H and O–H groups in total. The molecule has 0 heterocycles. The van der Waals surface area contributed by atoms with E-state index in [1.165, 1.54) is 11.8 Å². The number of thioether (sulfide) groups is 1. The Bertz CT molecular complexity index is 217. The van der Waals surface area contributed by atoms with Gasteiger partial charge in [0.05, 0.1) is 0 Å². The van der Waals surface area contributed by atoms with E-state index >= 15 is 0 Å². The molecule has 0 atom stereocenters. The third-order valence-corrected chi connectivity index (χ3v) is 1.76. The molecule has 0 spiro atoms. The summed E-state index contributed by atoms with van der Waals surface area (Å²) in [6.07, 6.45) is 5.53. The Morgan fingerprint density at radius 1 is 1.58 bits per heavy atom. The van der Waals surface area contributed by atoms with Crippen LogP contribution in [0, 0.1) is 0 Å². The second-order valence-corrected chi connectivity index (χ2v) is 3.01. The van der Waals surface area contributed by atoms with Gasteiger partial charge in [-0.3, -0.25) is 0 Å². The first-order valence-electron chi connectivity index (χ1n) is 3.59. The smallest absolute Gasteiger partial charge is 0.328 e. The maximum Gasteiger partial charge on any atom is 0.328 e. The first kappa shape index (κ1) is 11.0. The van der Waals surface area contributed by atoms with Crippen LogP contribution < -0.4 is 0 Å². The molecule has 0 aliphatic rings. The summed E-state index contributed by atoms with van der Waals surface area (Å²) >= 11 is 1.42. The van der Waals surface area contributed by atoms with E-state index < -0.39 is 5.97 Å². The number of hydrogen-bond donors (Lipinski definition) is 1. The summed E-state index contributed by atoms with van der Waals surface area (Å²) in [5.74, 6) is -0.929. The molecular weight excluding hydrogens is 172 g/mol. The molecule has 0 saturated carbocycles. The van der Waals surface area contributed by atoms with Crippen LogP contribution >= 0.6 is 11.8 Å². The minimum Gasteiger partial charge on any atom is -0.478 e. The van der Waals surface area contributed by atoms with Gasteiger partial charge in [0.25, 0.3) is 0 Å². The van der Waals surface area contributed by atoms with Crippen molar-refractivity contribution < 1.29 is 9.90 Å². The van der Waals surface area contributed by atoms with Gasteiger partial charge in [0.2, 0.25) is 0 Å². The predicted molar refractivity (Wildman–Crippen MR) is 52.9 cm³/mol. The molecular formula is C9H12O2S. The molecule has 66 valence electrons. The lowest BCUT2D eigenvalue weighted by Gasteiger charge is -1.93. The van der Waals surface area contributed by atoms with Crippen molar-refractivity contribution in [2.75, 3.05) is 0 Å². The molecule has 0 aromatic rings. The Balaban J connectivity index is 4.22. The van der Waals surface area contributed by atoms with Gasteiger partial charge in [-0.15, -0.1) is 0 Å². The topological polar surface area (TPSA) is 37.3 Å². The quantitative estimate of drug-likeness (QED) is 0.527. The van der Waals surface area contributed by atoms with Crippen LogP contribution in [0.5, 0.6) is 0 Å². The summed E-state index contributed by atoms with van der Waals surface area (Å²) in [7, 11) is 0. The van der Waals surface area contributed by atoms with E-state index in [2.05, 4.69) is 6.58 Å². The SMILES string of the molecule is C=CSC(=C\CC)/C=C/C(=O)O. The van der Waals surface area contributed by atoms with Gasteiger partial charge in [0.15, 0.2) is 0 Å². The monoisotopic (exact) mass is 184 g/mol. The number of carboxylic acids is 1. The van der Waals surface area contributed by atoms with Crippen molar-refractivity contribution in [1.82, 2.24) is 0 Å². The van der Waals surface area contributed by atoms with Gasteiger partial charge in [-0.1, -0.05) is 31.3 Å². The number of hydrogen-bond acceptors (Lipinski definition) is 2. The average molecular weight is 184 g/mol. The Kier molecular flexibility index (Phi) is 6.19. The molecule has 0 saturated heterocycles. The van der Waals surface area contributed by atoms with Gasteiger partial charge in [0, 0.05) is 11.0 Å². The van der Waals surface area contributed by atoms with Gasteiger partial charge in [-0.05, 0) is 17.9 Å². The van der Waals surface area contributed by atoms with Crippen LogP contribution in [0.15, 0.2) is 35.1 Å². The van der Waals surface area contributed by atoms with E-state index in [0.717, 1.165) is 17.4 Å². The van der Waals surface area contributed by atoms with E-state index in [-0.39, 0.29) is 0 Å². The molecule has 0 aliphatic heterocycles. The second kappa shape index (κ2) is 6.73. The maximum absolute atomic E-state index is 10.2. The molecule has 0 amide bonds. The van der Waals surface area contributed by atoms with Crippen LogP contribution in [0.3, 0.4) is 0 Å². The number of allylic oxidation sites excluding steroid dienone is 2. The maximum atomic E-state index is 10.2. The molecule has 0 fully saturated rings. The predicted octanol–water partition coefficient (Wildman–Crippen LogP) is 2.80. The van der Waals surface area contributed by atoms with E-state index in [1.54, 1.807) is 11.5 Å². The Labute approximate surface area is 76.7 Å². The highest BCUT2D eigenvalue weighted by molar-refractivity contribution is 8.06. The molecule has 0 rings (SSSR count). The normalized spacial score (nSPS) is 11.9. The summed E-state index contributed by atoms with van der Waals surface area (Å²) in [6.45, 7) is 5.55. The fourth-order valence-electron chi connectivity index (χ4n) is 0.606. The molecule has 0 aromatic heterocycles. The third-order valence-electron chi connectivity index (χ3n) is 1.01. The Morgan fingerprint density at radius 3 is 2.67 bits per heavy atom.